The SMILES string of the molecule is CN(C)CC1(Cc2ccc(Cl)cc2)CCCCN1. The molecule has 0 saturated carbocycles. The third kappa shape index (κ3) is 3.71. The van der Waals surface area contributed by atoms with E-state index >= 15 is 0 Å². The summed E-state index contributed by atoms with van der Waals surface area (Å²) in [6.45, 7) is 2.23. The fourth-order valence-electron chi connectivity index (χ4n) is 2.97. The van der Waals surface area contributed by atoms with Gasteiger partial charge in [0.25, 0.3) is 0 Å². The van der Waals surface area contributed by atoms with Gasteiger partial charge in [-0.3, -0.25) is 0 Å². The number of halogens is 1. The first-order valence-corrected chi connectivity index (χ1v) is 7.12. The highest BCUT2D eigenvalue weighted by Gasteiger charge is 2.32. The van der Waals surface area contributed by atoms with Crippen LogP contribution in [0.2, 0.25) is 5.02 Å². The number of likely N-dealkylation sites (N-methyl/N-ethyl adjacent to an activating group) is 1. The highest BCUT2D eigenvalue weighted by molar-refractivity contribution is 6.30. The van der Waals surface area contributed by atoms with Gasteiger partial charge in [0.2, 0.25) is 0 Å². The molecule has 1 saturated heterocycles. The quantitative estimate of drug-likeness (QED) is 0.902. The Morgan fingerprint density at radius 1 is 1.22 bits per heavy atom. The van der Waals surface area contributed by atoms with Gasteiger partial charge in [-0.15, -0.1) is 0 Å². The molecule has 100 valence electrons. The summed E-state index contributed by atoms with van der Waals surface area (Å²) >= 11 is 5.95. The van der Waals surface area contributed by atoms with Gasteiger partial charge in [-0.1, -0.05) is 30.2 Å². The minimum atomic E-state index is 0.232. The molecular weight excluding hydrogens is 244 g/mol. The lowest BCUT2D eigenvalue weighted by molar-refractivity contribution is 0.188. The van der Waals surface area contributed by atoms with Crippen molar-refractivity contribution < 1.29 is 0 Å². The summed E-state index contributed by atoms with van der Waals surface area (Å²) in [5.74, 6) is 0. The monoisotopic (exact) mass is 266 g/mol. The van der Waals surface area contributed by atoms with E-state index in [9.17, 15) is 0 Å². The second-order valence-corrected chi connectivity index (χ2v) is 6.14. The van der Waals surface area contributed by atoms with E-state index in [2.05, 4.69) is 36.4 Å². The third-order valence-electron chi connectivity index (χ3n) is 3.66. The number of piperidine rings is 1. The van der Waals surface area contributed by atoms with Crippen LogP contribution in [0.15, 0.2) is 24.3 Å². The Bertz CT molecular complexity index is 367. The van der Waals surface area contributed by atoms with Crippen LogP contribution >= 0.6 is 11.6 Å². The first-order chi connectivity index (χ1) is 8.60. The highest BCUT2D eigenvalue weighted by atomic mass is 35.5. The Balaban J connectivity index is 2.11. The van der Waals surface area contributed by atoms with Crippen molar-refractivity contribution in [3.63, 3.8) is 0 Å². The fourth-order valence-corrected chi connectivity index (χ4v) is 3.10. The highest BCUT2D eigenvalue weighted by Crippen LogP contribution is 2.25. The summed E-state index contributed by atoms with van der Waals surface area (Å²) in [6.07, 6.45) is 4.97. The number of benzene rings is 1. The fraction of sp³-hybridized carbons (Fsp3) is 0.600. The summed E-state index contributed by atoms with van der Waals surface area (Å²) < 4.78 is 0. The number of nitrogens with zero attached hydrogens (tertiary/aromatic N) is 1. The van der Waals surface area contributed by atoms with Crippen LogP contribution in [0.3, 0.4) is 0 Å². The van der Waals surface area contributed by atoms with Gasteiger partial charge >= 0.3 is 0 Å². The van der Waals surface area contributed by atoms with E-state index in [4.69, 9.17) is 11.6 Å². The van der Waals surface area contributed by atoms with Gasteiger partial charge in [0.1, 0.15) is 0 Å². The first kappa shape index (κ1) is 13.9. The van der Waals surface area contributed by atoms with Gasteiger partial charge in [-0.05, 0) is 57.6 Å². The zero-order valence-electron chi connectivity index (χ0n) is 11.4. The van der Waals surface area contributed by atoms with E-state index in [-0.39, 0.29) is 5.54 Å². The predicted octanol–water partition coefficient (Wildman–Crippen LogP) is 2.96. The van der Waals surface area contributed by atoms with Crippen LogP contribution in [0.5, 0.6) is 0 Å². The molecule has 1 atom stereocenters. The van der Waals surface area contributed by atoms with E-state index in [1.807, 2.05) is 12.1 Å². The number of hydrogen-bond acceptors (Lipinski definition) is 2. The van der Waals surface area contributed by atoms with Crippen molar-refractivity contribution in [1.82, 2.24) is 10.2 Å². The van der Waals surface area contributed by atoms with Crippen LogP contribution in [0.4, 0.5) is 0 Å². The van der Waals surface area contributed by atoms with Crippen molar-refractivity contribution in [1.29, 1.82) is 0 Å². The molecule has 1 heterocycles. The van der Waals surface area contributed by atoms with Gasteiger partial charge in [0.05, 0.1) is 0 Å². The molecule has 1 fully saturated rings. The molecule has 1 aliphatic heterocycles. The minimum Gasteiger partial charge on any atom is -0.310 e. The van der Waals surface area contributed by atoms with Crippen molar-refractivity contribution in [3.05, 3.63) is 34.9 Å². The Hall–Kier alpha value is -0.570. The lowest BCUT2D eigenvalue weighted by Crippen LogP contribution is -2.56. The molecule has 0 spiro atoms. The Labute approximate surface area is 115 Å². The molecule has 18 heavy (non-hydrogen) atoms. The van der Waals surface area contributed by atoms with Gasteiger partial charge < -0.3 is 10.2 Å². The van der Waals surface area contributed by atoms with Gasteiger partial charge in [-0.2, -0.15) is 0 Å². The van der Waals surface area contributed by atoms with Crippen molar-refractivity contribution in [2.45, 2.75) is 31.2 Å². The number of rotatable bonds is 4. The van der Waals surface area contributed by atoms with Crippen molar-refractivity contribution in [3.8, 4) is 0 Å². The standard InChI is InChI=1S/C15H23ClN2/c1-18(2)12-15(9-3-4-10-17-15)11-13-5-7-14(16)8-6-13/h5-8,17H,3-4,9-12H2,1-2H3. The van der Waals surface area contributed by atoms with E-state index in [1.54, 1.807) is 0 Å². The van der Waals surface area contributed by atoms with Crippen LogP contribution < -0.4 is 5.32 Å². The average Bonchev–Trinajstić information content (AvgIpc) is 2.32. The summed E-state index contributed by atoms with van der Waals surface area (Å²) in [6, 6.07) is 8.28. The summed E-state index contributed by atoms with van der Waals surface area (Å²) in [4.78, 5) is 2.29. The Kier molecular flexibility index (Phi) is 4.66. The molecule has 0 aromatic heterocycles. The first-order valence-electron chi connectivity index (χ1n) is 6.74. The zero-order valence-corrected chi connectivity index (χ0v) is 12.1. The lowest BCUT2D eigenvalue weighted by Gasteiger charge is -2.40. The third-order valence-corrected chi connectivity index (χ3v) is 3.91. The molecule has 2 nitrogen and oxygen atoms in total. The van der Waals surface area contributed by atoms with Crippen LogP contribution in [0.25, 0.3) is 0 Å². The smallest absolute Gasteiger partial charge is 0.0406 e. The molecular formula is C15H23ClN2. The summed E-state index contributed by atoms with van der Waals surface area (Å²) in [7, 11) is 4.31. The van der Waals surface area contributed by atoms with Gasteiger partial charge in [0.15, 0.2) is 0 Å². The molecule has 0 bridgehead atoms. The van der Waals surface area contributed by atoms with Crippen LogP contribution in [-0.4, -0.2) is 37.6 Å². The summed E-state index contributed by atoms with van der Waals surface area (Å²) in [5.41, 5.74) is 1.60. The molecule has 1 N–H and O–H groups in total. The normalized spacial score (nSPS) is 24.4. The molecule has 0 aliphatic carbocycles. The molecule has 0 amide bonds. The molecule has 0 radical (unpaired) electrons. The van der Waals surface area contributed by atoms with E-state index in [0.717, 1.165) is 24.5 Å². The van der Waals surface area contributed by atoms with Crippen LogP contribution in [0, 0.1) is 0 Å². The minimum absolute atomic E-state index is 0.232. The topological polar surface area (TPSA) is 15.3 Å². The molecule has 1 unspecified atom stereocenters. The predicted molar refractivity (Wildman–Crippen MR) is 78.3 cm³/mol. The second kappa shape index (κ2) is 6.05. The number of nitrogens with one attached hydrogen (secondary N) is 1. The number of hydrogen-bond donors (Lipinski definition) is 1. The lowest BCUT2D eigenvalue weighted by atomic mass is 9.83. The largest absolute Gasteiger partial charge is 0.310 e. The van der Waals surface area contributed by atoms with Crippen molar-refractivity contribution in [2.24, 2.45) is 0 Å². The average molecular weight is 267 g/mol. The van der Waals surface area contributed by atoms with Gasteiger partial charge in [-0.25, -0.2) is 0 Å². The van der Waals surface area contributed by atoms with Gasteiger partial charge in [0, 0.05) is 17.1 Å². The van der Waals surface area contributed by atoms with E-state index < -0.39 is 0 Å². The van der Waals surface area contributed by atoms with E-state index in [1.165, 1.54) is 24.8 Å². The Morgan fingerprint density at radius 3 is 2.50 bits per heavy atom. The molecule has 2 rings (SSSR count). The molecule has 1 aliphatic rings. The molecule has 3 heteroatoms. The summed E-state index contributed by atoms with van der Waals surface area (Å²) in [5, 5.41) is 4.57. The van der Waals surface area contributed by atoms with Crippen molar-refractivity contribution in [2.75, 3.05) is 27.2 Å². The van der Waals surface area contributed by atoms with Crippen LogP contribution in [-0.2, 0) is 6.42 Å². The zero-order chi connectivity index (χ0) is 13.0. The maximum Gasteiger partial charge on any atom is 0.0406 e. The van der Waals surface area contributed by atoms with Crippen molar-refractivity contribution >= 4 is 11.6 Å². The molecule has 1 aromatic rings. The maximum atomic E-state index is 5.95. The van der Waals surface area contributed by atoms with E-state index in [0.29, 0.717) is 0 Å². The maximum absolute atomic E-state index is 5.95. The second-order valence-electron chi connectivity index (χ2n) is 5.71. The Morgan fingerprint density at radius 2 is 1.94 bits per heavy atom. The molecule has 1 aromatic carbocycles. The van der Waals surface area contributed by atoms with Crippen LogP contribution in [0.1, 0.15) is 24.8 Å².